The van der Waals surface area contributed by atoms with Crippen molar-refractivity contribution >= 4 is 11.9 Å². The summed E-state index contributed by atoms with van der Waals surface area (Å²) in [5.41, 5.74) is 8.47. The second kappa shape index (κ2) is 8.04. The van der Waals surface area contributed by atoms with Crippen LogP contribution in [0.15, 0.2) is 59.6 Å². The van der Waals surface area contributed by atoms with Crippen LogP contribution in [0, 0.1) is 0 Å². The number of primary amides is 1. The molecule has 1 fully saturated rings. The summed E-state index contributed by atoms with van der Waals surface area (Å²) >= 11 is 0. The van der Waals surface area contributed by atoms with E-state index in [9.17, 15) is 4.79 Å². The van der Waals surface area contributed by atoms with Crippen LogP contribution in [0.3, 0.4) is 0 Å². The number of nitrogens with one attached hydrogen (secondary N) is 2. The fraction of sp³-hybridized carbons (Fsp3) is 0.333. The molecule has 0 spiro atoms. The minimum atomic E-state index is -0.409. The quantitative estimate of drug-likeness (QED) is 0.553. The highest BCUT2D eigenvalue weighted by Gasteiger charge is 2.38. The van der Waals surface area contributed by atoms with Gasteiger partial charge < -0.3 is 16.4 Å². The maximum Gasteiger partial charge on any atom is 0.248 e. The summed E-state index contributed by atoms with van der Waals surface area (Å²) in [4.78, 5) is 15.5. The molecule has 2 aromatic carbocycles. The Morgan fingerprint density at radius 2 is 1.77 bits per heavy atom. The summed E-state index contributed by atoms with van der Waals surface area (Å²) in [5.74, 6) is 0.375. The SMILES string of the molecule is CN=C(NCc1ccc(C(N)=O)cc1)NCC1(c2ccccc2)CCC1. The van der Waals surface area contributed by atoms with Gasteiger partial charge in [-0.05, 0) is 36.1 Å². The van der Waals surface area contributed by atoms with E-state index < -0.39 is 5.91 Å². The molecule has 0 bridgehead atoms. The van der Waals surface area contributed by atoms with E-state index in [2.05, 4.69) is 46.0 Å². The molecule has 1 amide bonds. The molecule has 0 radical (unpaired) electrons. The van der Waals surface area contributed by atoms with Crippen molar-refractivity contribution in [3.8, 4) is 0 Å². The van der Waals surface area contributed by atoms with Crippen LogP contribution in [-0.2, 0) is 12.0 Å². The third kappa shape index (κ3) is 4.04. The number of rotatable bonds is 6. The third-order valence-electron chi connectivity index (χ3n) is 5.21. The summed E-state index contributed by atoms with van der Waals surface area (Å²) in [6.07, 6.45) is 3.68. The average molecular weight is 350 g/mol. The zero-order valence-electron chi connectivity index (χ0n) is 15.2. The monoisotopic (exact) mass is 350 g/mol. The molecule has 2 aromatic rings. The van der Waals surface area contributed by atoms with Crippen molar-refractivity contribution in [2.24, 2.45) is 10.7 Å². The first kappa shape index (κ1) is 18.0. The highest BCUT2D eigenvalue weighted by atomic mass is 16.1. The van der Waals surface area contributed by atoms with Gasteiger partial charge in [-0.25, -0.2) is 0 Å². The number of carbonyl (C=O) groups excluding carboxylic acids is 1. The molecule has 0 saturated heterocycles. The van der Waals surface area contributed by atoms with E-state index in [0.29, 0.717) is 12.1 Å². The molecular weight excluding hydrogens is 324 g/mol. The second-order valence-electron chi connectivity index (χ2n) is 6.84. The first-order valence-corrected chi connectivity index (χ1v) is 9.02. The van der Waals surface area contributed by atoms with Gasteiger partial charge in [0, 0.05) is 31.1 Å². The van der Waals surface area contributed by atoms with Gasteiger partial charge in [0.2, 0.25) is 5.91 Å². The molecule has 26 heavy (non-hydrogen) atoms. The fourth-order valence-corrected chi connectivity index (χ4v) is 3.41. The van der Waals surface area contributed by atoms with Crippen molar-refractivity contribution in [1.29, 1.82) is 0 Å². The summed E-state index contributed by atoms with van der Waals surface area (Å²) in [6.45, 7) is 1.51. The lowest BCUT2D eigenvalue weighted by Gasteiger charge is -2.43. The average Bonchev–Trinajstić information content (AvgIpc) is 2.64. The molecular formula is C21H26N4O. The molecule has 0 unspecified atom stereocenters. The number of amides is 1. The fourth-order valence-electron chi connectivity index (χ4n) is 3.41. The summed E-state index contributed by atoms with van der Waals surface area (Å²) < 4.78 is 0. The third-order valence-corrected chi connectivity index (χ3v) is 5.21. The first-order chi connectivity index (χ1) is 12.6. The van der Waals surface area contributed by atoms with Crippen LogP contribution in [0.25, 0.3) is 0 Å². The van der Waals surface area contributed by atoms with E-state index in [-0.39, 0.29) is 5.41 Å². The van der Waals surface area contributed by atoms with E-state index in [1.54, 1.807) is 19.2 Å². The van der Waals surface area contributed by atoms with Crippen molar-refractivity contribution in [2.45, 2.75) is 31.2 Å². The number of benzene rings is 2. The maximum absolute atomic E-state index is 11.1. The normalized spacial score (nSPS) is 15.8. The van der Waals surface area contributed by atoms with Crippen molar-refractivity contribution in [2.75, 3.05) is 13.6 Å². The molecule has 1 aliphatic rings. The van der Waals surface area contributed by atoms with E-state index in [1.165, 1.54) is 24.8 Å². The molecule has 0 heterocycles. The van der Waals surface area contributed by atoms with E-state index in [4.69, 9.17) is 5.73 Å². The number of nitrogens with two attached hydrogens (primary N) is 1. The summed E-state index contributed by atoms with van der Waals surface area (Å²) in [5, 5.41) is 6.80. The lowest BCUT2D eigenvalue weighted by molar-refractivity contribution is 0.100. The van der Waals surface area contributed by atoms with E-state index in [0.717, 1.165) is 18.1 Å². The van der Waals surface area contributed by atoms with Crippen LogP contribution in [0.5, 0.6) is 0 Å². The predicted molar refractivity (Wildman–Crippen MR) is 105 cm³/mol. The molecule has 5 heteroatoms. The number of hydrogen-bond donors (Lipinski definition) is 3. The molecule has 4 N–H and O–H groups in total. The van der Waals surface area contributed by atoms with Crippen LogP contribution in [0.1, 0.15) is 40.7 Å². The molecule has 1 aliphatic carbocycles. The van der Waals surface area contributed by atoms with Gasteiger partial charge in [-0.2, -0.15) is 0 Å². The van der Waals surface area contributed by atoms with Crippen molar-refractivity contribution in [3.63, 3.8) is 0 Å². The zero-order chi connectivity index (χ0) is 18.4. The Kier molecular flexibility index (Phi) is 5.56. The first-order valence-electron chi connectivity index (χ1n) is 9.02. The van der Waals surface area contributed by atoms with Gasteiger partial charge in [-0.1, -0.05) is 48.9 Å². The number of aliphatic imine (C=N–C) groups is 1. The predicted octanol–water partition coefficient (Wildman–Crippen LogP) is 2.57. The zero-order valence-corrected chi connectivity index (χ0v) is 15.2. The van der Waals surface area contributed by atoms with Gasteiger partial charge in [0.1, 0.15) is 0 Å². The Morgan fingerprint density at radius 3 is 2.31 bits per heavy atom. The van der Waals surface area contributed by atoms with Gasteiger partial charge in [0.15, 0.2) is 5.96 Å². The van der Waals surface area contributed by atoms with Crippen molar-refractivity contribution < 1.29 is 4.79 Å². The van der Waals surface area contributed by atoms with Crippen molar-refractivity contribution in [1.82, 2.24) is 10.6 Å². The Bertz CT molecular complexity index is 764. The number of nitrogens with zero attached hydrogens (tertiary/aromatic N) is 1. The largest absolute Gasteiger partial charge is 0.366 e. The maximum atomic E-state index is 11.1. The van der Waals surface area contributed by atoms with Crippen LogP contribution in [0.2, 0.25) is 0 Å². The van der Waals surface area contributed by atoms with E-state index >= 15 is 0 Å². The minimum Gasteiger partial charge on any atom is -0.366 e. The number of hydrogen-bond acceptors (Lipinski definition) is 2. The van der Waals surface area contributed by atoms with Gasteiger partial charge in [0.25, 0.3) is 0 Å². The van der Waals surface area contributed by atoms with Crippen LogP contribution >= 0.6 is 0 Å². The number of carbonyl (C=O) groups is 1. The van der Waals surface area contributed by atoms with Gasteiger partial charge in [0.05, 0.1) is 0 Å². The molecule has 3 rings (SSSR count). The molecule has 0 atom stereocenters. The van der Waals surface area contributed by atoms with Crippen LogP contribution < -0.4 is 16.4 Å². The topological polar surface area (TPSA) is 79.5 Å². The second-order valence-corrected chi connectivity index (χ2v) is 6.84. The lowest BCUT2D eigenvalue weighted by atomic mass is 9.64. The Balaban J connectivity index is 1.56. The Morgan fingerprint density at radius 1 is 1.08 bits per heavy atom. The van der Waals surface area contributed by atoms with Crippen LogP contribution in [0.4, 0.5) is 0 Å². The molecule has 0 aliphatic heterocycles. The van der Waals surface area contributed by atoms with Gasteiger partial charge in [-0.15, -0.1) is 0 Å². The lowest BCUT2D eigenvalue weighted by Crippen LogP contribution is -2.48. The summed E-state index contributed by atoms with van der Waals surface area (Å²) in [6, 6.07) is 18.0. The number of guanidine groups is 1. The molecule has 5 nitrogen and oxygen atoms in total. The van der Waals surface area contributed by atoms with Crippen LogP contribution in [-0.4, -0.2) is 25.5 Å². The Labute approximate surface area is 154 Å². The standard InChI is InChI=1S/C21H26N4O/c1-23-20(24-14-16-8-10-17(11-9-16)19(22)26)25-15-21(12-5-13-21)18-6-3-2-4-7-18/h2-4,6-11H,5,12-15H2,1H3,(H2,22,26)(H2,23,24,25). The molecule has 136 valence electrons. The highest BCUT2D eigenvalue weighted by molar-refractivity contribution is 5.92. The smallest absolute Gasteiger partial charge is 0.248 e. The van der Waals surface area contributed by atoms with Gasteiger partial charge >= 0.3 is 0 Å². The van der Waals surface area contributed by atoms with Gasteiger partial charge in [-0.3, -0.25) is 9.79 Å². The molecule has 0 aromatic heterocycles. The highest BCUT2D eigenvalue weighted by Crippen LogP contribution is 2.43. The Hall–Kier alpha value is -2.82. The van der Waals surface area contributed by atoms with Crippen molar-refractivity contribution in [3.05, 3.63) is 71.3 Å². The minimum absolute atomic E-state index is 0.210. The molecule has 1 saturated carbocycles. The summed E-state index contributed by atoms with van der Waals surface area (Å²) in [7, 11) is 1.78. The van der Waals surface area contributed by atoms with E-state index in [1.807, 2.05) is 12.1 Å².